The van der Waals surface area contributed by atoms with Crippen LogP contribution in [0.4, 0.5) is 0 Å². The standard InChI is InChI=1S/C18H16Br10/c1-11(2)9-13(19)14(20,12(11,3)10-7-5-4-6-8-10)16(23,24)18(27,28)17(25,26)15(13,21)22/h4-8H,9H2,1-3H3. The molecule has 0 bridgehead atoms. The third-order valence-electron chi connectivity index (χ3n) is 6.74. The molecule has 0 aliphatic heterocycles. The van der Waals surface area contributed by atoms with Gasteiger partial charge >= 0.3 is 0 Å². The van der Waals surface area contributed by atoms with E-state index < -0.39 is 21.6 Å². The summed E-state index contributed by atoms with van der Waals surface area (Å²) in [6, 6.07) is 10.7. The zero-order valence-electron chi connectivity index (χ0n) is 14.9. The number of hydrogen-bond acceptors (Lipinski definition) is 0. The molecule has 1 aromatic carbocycles. The summed E-state index contributed by atoms with van der Waals surface area (Å²) in [6.45, 7) is 7.02. The third-order valence-corrected chi connectivity index (χ3v) is 29.0. The van der Waals surface area contributed by atoms with Crippen LogP contribution < -0.4 is 0 Å². The van der Waals surface area contributed by atoms with Gasteiger partial charge in [0.2, 0.25) is 0 Å². The summed E-state index contributed by atoms with van der Waals surface area (Å²) in [5.74, 6) is 0. The number of rotatable bonds is 1. The second-order valence-electron chi connectivity index (χ2n) is 8.31. The molecular formula is C18H16Br10. The van der Waals surface area contributed by atoms with Crippen molar-refractivity contribution in [2.24, 2.45) is 5.41 Å². The van der Waals surface area contributed by atoms with E-state index in [1.54, 1.807) is 0 Å². The van der Waals surface area contributed by atoms with Gasteiger partial charge in [0.05, 0.1) is 8.65 Å². The minimum atomic E-state index is -0.690. The summed E-state index contributed by atoms with van der Waals surface area (Å²) >= 11 is 40.8. The van der Waals surface area contributed by atoms with Crippen molar-refractivity contribution in [2.45, 2.75) is 54.2 Å². The molecule has 3 rings (SSSR count). The van der Waals surface area contributed by atoms with Crippen LogP contribution in [0.15, 0.2) is 30.3 Å². The van der Waals surface area contributed by atoms with E-state index in [2.05, 4.69) is 210 Å². The molecule has 2 aliphatic rings. The lowest BCUT2D eigenvalue weighted by Crippen LogP contribution is -2.81. The van der Waals surface area contributed by atoms with E-state index in [9.17, 15) is 0 Å². The van der Waals surface area contributed by atoms with E-state index in [0.717, 1.165) is 6.42 Å². The van der Waals surface area contributed by atoms with Crippen LogP contribution in [0.3, 0.4) is 0 Å². The molecule has 158 valence electrons. The van der Waals surface area contributed by atoms with Gasteiger partial charge in [-0.05, 0) is 17.4 Å². The summed E-state index contributed by atoms with van der Waals surface area (Å²) < 4.78 is -3.65. The molecule has 2 saturated carbocycles. The van der Waals surface area contributed by atoms with Crippen molar-refractivity contribution >= 4 is 159 Å². The van der Waals surface area contributed by atoms with Crippen molar-refractivity contribution < 1.29 is 0 Å². The molecule has 10 heteroatoms. The van der Waals surface area contributed by atoms with Crippen LogP contribution in [0.1, 0.15) is 32.8 Å². The second-order valence-corrected chi connectivity index (χ2v) is 24.6. The van der Waals surface area contributed by atoms with Crippen LogP contribution in [-0.4, -0.2) is 21.6 Å². The molecule has 2 aliphatic carbocycles. The normalized spacial score (nSPS) is 42.0. The maximum Gasteiger partial charge on any atom is 0.134 e. The molecule has 0 nitrogen and oxygen atoms in total. The quantitative estimate of drug-likeness (QED) is 0.246. The van der Waals surface area contributed by atoms with Crippen LogP contribution in [0.5, 0.6) is 0 Å². The highest BCUT2D eigenvalue weighted by atomic mass is 79.9. The average Bonchev–Trinajstić information content (AvgIpc) is 2.71. The van der Waals surface area contributed by atoms with E-state index in [0.29, 0.717) is 0 Å². The van der Waals surface area contributed by atoms with E-state index in [1.807, 2.05) is 0 Å². The summed E-state index contributed by atoms with van der Waals surface area (Å²) in [5, 5.41) is 0. The Kier molecular flexibility index (Phi) is 7.14. The Morgan fingerprint density at radius 1 is 0.607 bits per heavy atom. The Morgan fingerprint density at radius 2 is 1.04 bits per heavy atom. The number of alkyl halides is 10. The van der Waals surface area contributed by atoms with Crippen molar-refractivity contribution in [3.8, 4) is 0 Å². The van der Waals surface area contributed by atoms with Gasteiger partial charge in [0.1, 0.15) is 12.9 Å². The van der Waals surface area contributed by atoms with Gasteiger partial charge in [-0.1, -0.05) is 210 Å². The molecule has 0 amide bonds. The molecule has 1 aromatic rings. The SMILES string of the molecule is CC1(C)CC2(Br)C(Br)(Br)C(Br)(Br)C(Br)(Br)C(Br)(Br)C2(Br)C1(C)c1ccccc1. The Morgan fingerprint density at radius 3 is 1.50 bits per heavy atom. The third kappa shape index (κ3) is 2.74. The molecule has 0 N–H and O–H groups in total. The van der Waals surface area contributed by atoms with Gasteiger partial charge in [0.25, 0.3) is 0 Å². The first-order chi connectivity index (χ1) is 12.3. The molecule has 0 saturated heterocycles. The Labute approximate surface area is 250 Å². The van der Waals surface area contributed by atoms with Gasteiger partial charge in [-0.15, -0.1) is 0 Å². The van der Waals surface area contributed by atoms with E-state index in [-0.39, 0.29) is 10.8 Å². The molecule has 3 atom stereocenters. The fraction of sp³-hybridized carbons (Fsp3) is 0.667. The molecule has 0 aromatic heterocycles. The van der Waals surface area contributed by atoms with Crippen molar-refractivity contribution in [3.63, 3.8) is 0 Å². The average molecular weight is 1030 g/mol. The first kappa shape index (κ1) is 26.6. The minimum absolute atomic E-state index is 0.0859. The fourth-order valence-electron chi connectivity index (χ4n) is 4.88. The maximum absolute atomic E-state index is 4.34. The summed E-state index contributed by atoms with van der Waals surface area (Å²) in [5.41, 5.74) is 0.885. The number of benzene rings is 1. The molecular weight excluding hydrogens is 1020 g/mol. The van der Waals surface area contributed by atoms with Crippen LogP contribution in [0, 0.1) is 5.41 Å². The van der Waals surface area contributed by atoms with Crippen LogP contribution in [-0.2, 0) is 5.41 Å². The van der Waals surface area contributed by atoms with E-state index >= 15 is 0 Å². The van der Waals surface area contributed by atoms with Gasteiger partial charge < -0.3 is 0 Å². The lowest BCUT2D eigenvalue weighted by atomic mass is 9.59. The van der Waals surface area contributed by atoms with Crippen molar-refractivity contribution in [1.82, 2.24) is 0 Å². The molecule has 0 spiro atoms. The van der Waals surface area contributed by atoms with Gasteiger partial charge in [-0.25, -0.2) is 0 Å². The largest absolute Gasteiger partial charge is 0.134 e. The topological polar surface area (TPSA) is 0 Å². The van der Waals surface area contributed by atoms with Crippen molar-refractivity contribution in [3.05, 3.63) is 35.9 Å². The summed E-state index contributed by atoms with van der Waals surface area (Å²) in [6.07, 6.45) is 0.876. The second kappa shape index (κ2) is 7.51. The van der Waals surface area contributed by atoms with Gasteiger partial charge in [0.15, 0.2) is 0 Å². The first-order valence-electron chi connectivity index (χ1n) is 8.26. The molecule has 28 heavy (non-hydrogen) atoms. The minimum Gasteiger partial charge on any atom is -0.0811 e. The molecule has 3 unspecified atom stereocenters. The highest BCUT2D eigenvalue weighted by Gasteiger charge is 2.91. The van der Waals surface area contributed by atoms with Gasteiger partial charge in [0, 0.05) is 5.41 Å². The van der Waals surface area contributed by atoms with Crippen LogP contribution in [0.25, 0.3) is 0 Å². The van der Waals surface area contributed by atoms with Crippen molar-refractivity contribution in [2.75, 3.05) is 0 Å². The Bertz CT molecular complexity index is 802. The van der Waals surface area contributed by atoms with Gasteiger partial charge in [-0.2, -0.15) is 0 Å². The maximum atomic E-state index is 4.34. The Hall–Kier alpha value is 4.02. The first-order valence-corrected chi connectivity index (χ1v) is 16.2. The zero-order valence-corrected chi connectivity index (χ0v) is 30.7. The van der Waals surface area contributed by atoms with Crippen molar-refractivity contribution in [1.29, 1.82) is 0 Å². The molecule has 2 fully saturated rings. The lowest BCUT2D eigenvalue weighted by Gasteiger charge is -2.69. The zero-order chi connectivity index (χ0) is 21.8. The van der Waals surface area contributed by atoms with Gasteiger partial charge in [-0.3, -0.25) is 0 Å². The van der Waals surface area contributed by atoms with E-state index in [4.69, 9.17) is 0 Å². The monoisotopic (exact) mass is 1020 g/mol. The smallest absolute Gasteiger partial charge is 0.0811 e. The summed E-state index contributed by atoms with van der Waals surface area (Å²) in [4.78, 5) is 0. The van der Waals surface area contributed by atoms with Crippen LogP contribution >= 0.6 is 159 Å². The van der Waals surface area contributed by atoms with Crippen LogP contribution in [0.2, 0.25) is 0 Å². The number of fused-ring (bicyclic) bond motifs is 1. The number of hydrogen-bond donors (Lipinski definition) is 0. The van der Waals surface area contributed by atoms with E-state index in [1.165, 1.54) is 5.56 Å². The lowest BCUT2D eigenvalue weighted by molar-refractivity contribution is 0.187. The fourth-order valence-corrected chi connectivity index (χ4v) is 18.3. The molecule has 0 heterocycles. The number of halogens is 10. The highest BCUT2D eigenvalue weighted by molar-refractivity contribution is 9.35. The predicted molar refractivity (Wildman–Crippen MR) is 158 cm³/mol. The predicted octanol–water partition coefficient (Wildman–Crippen LogP) is 10.6. The summed E-state index contributed by atoms with van der Waals surface area (Å²) in [7, 11) is 0. The Balaban J connectivity index is 2.51. The highest BCUT2D eigenvalue weighted by Crippen LogP contribution is 2.88. The molecule has 0 radical (unpaired) electrons.